The maximum Gasteiger partial charge on any atom is 0.387 e. The van der Waals surface area contributed by atoms with Crippen LogP contribution in [0.1, 0.15) is 10.4 Å². The van der Waals surface area contributed by atoms with Crippen LogP contribution in [0, 0.1) is 0 Å². The zero-order valence-corrected chi connectivity index (χ0v) is 12.5. The quantitative estimate of drug-likeness (QED) is 0.883. The highest BCUT2D eigenvalue weighted by atomic mass is 19.3. The molecule has 0 atom stereocenters. The van der Waals surface area contributed by atoms with Crippen molar-refractivity contribution in [3.8, 4) is 17.2 Å². The van der Waals surface area contributed by atoms with Crippen LogP contribution in [0.15, 0.2) is 42.5 Å². The highest BCUT2D eigenvalue weighted by Gasteiger charge is 2.16. The smallest absolute Gasteiger partial charge is 0.387 e. The number of carbonyl (C=O) groups is 1. The zero-order valence-electron chi connectivity index (χ0n) is 12.5. The Labute approximate surface area is 131 Å². The maximum absolute atomic E-state index is 12.3. The second-order valence-electron chi connectivity index (χ2n) is 4.40. The van der Waals surface area contributed by atoms with E-state index < -0.39 is 12.5 Å². The summed E-state index contributed by atoms with van der Waals surface area (Å²) in [5, 5.41) is 2.65. The molecule has 2 aromatic carbocycles. The first-order valence-electron chi connectivity index (χ1n) is 6.62. The average molecular weight is 323 g/mol. The number of hydrogen-bond acceptors (Lipinski definition) is 4. The van der Waals surface area contributed by atoms with Crippen LogP contribution < -0.4 is 19.5 Å². The molecule has 2 rings (SSSR count). The molecular weight excluding hydrogens is 308 g/mol. The van der Waals surface area contributed by atoms with Crippen molar-refractivity contribution in [1.82, 2.24) is 0 Å². The van der Waals surface area contributed by atoms with Crippen LogP contribution in [0.4, 0.5) is 14.5 Å². The summed E-state index contributed by atoms with van der Waals surface area (Å²) < 4.78 is 38.8. The molecule has 0 saturated heterocycles. The van der Waals surface area contributed by atoms with Crippen LogP contribution in [0.2, 0.25) is 0 Å². The molecule has 0 aliphatic carbocycles. The fourth-order valence-corrected chi connectivity index (χ4v) is 1.98. The Bertz CT molecular complexity index is 674. The van der Waals surface area contributed by atoms with Gasteiger partial charge in [-0.2, -0.15) is 8.78 Å². The van der Waals surface area contributed by atoms with E-state index in [1.54, 1.807) is 18.2 Å². The number of rotatable bonds is 6. The summed E-state index contributed by atoms with van der Waals surface area (Å²) in [6, 6.07) is 10.5. The van der Waals surface area contributed by atoms with Crippen LogP contribution in [-0.2, 0) is 0 Å². The van der Waals surface area contributed by atoms with Gasteiger partial charge in [0.15, 0.2) is 11.5 Å². The second-order valence-corrected chi connectivity index (χ2v) is 4.40. The van der Waals surface area contributed by atoms with E-state index in [9.17, 15) is 13.6 Å². The fourth-order valence-electron chi connectivity index (χ4n) is 1.98. The van der Waals surface area contributed by atoms with Gasteiger partial charge >= 0.3 is 6.61 Å². The van der Waals surface area contributed by atoms with Crippen LogP contribution in [0.3, 0.4) is 0 Å². The first-order valence-corrected chi connectivity index (χ1v) is 6.62. The molecular formula is C16H15F2NO4. The van der Waals surface area contributed by atoms with Gasteiger partial charge in [0, 0.05) is 5.69 Å². The number of para-hydroxylation sites is 1. The van der Waals surface area contributed by atoms with Crippen molar-refractivity contribution in [1.29, 1.82) is 0 Å². The number of alkyl halides is 2. The van der Waals surface area contributed by atoms with E-state index in [0.717, 1.165) is 0 Å². The zero-order chi connectivity index (χ0) is 16.8. The summed E-state index contributed by atoms with van der Waals surface area (Å²) in [6.07, 6.45) is 0. The highest BCUT2D eigenvalue weighted by molar-refractivity contribution is 6.06. The molecule has 0 heterocycles. The molecule has 7 heteroatoms. The van der Waals surface area contributed by atoms with Gasteiger partial charge in [-0.1, -0.05) is 6.07 Å². The predicted molar refractivity (Wildman–Crippen MR) is 80.6 cm³/mol. The largest absolute Gasteiger partial charge is 0.493 e. The monoisotopic (exact) mass is 323 g/mol. The first-order chi connectivity index (χ1) is 11.0. The van der Waals surface area contributed by atoms with Crippen LogP contribution >= 0.6 is 0 Å². The topological polar surface area (TPSA) is 56.8 Å². The van der Waals surface area contributed by atoms with Gasteiger partial charge in [-0.3, -0.25) is 4.79 Å². The lowest BCUT2D eigenvalue weighted by molar-refractivity contribution is -0.0498. The van der Waals surface area contributed by atoms with E-state index >= 15 is 0 Å². The Kier molecular flexibility index (Phi) is 5.35. The minimum Gasteiger partial charge on any atom is -0.493 e. The van der Waals surface area contributed by atoms with Crippen molar-refractivity contribution in [3.63, 3.8) is 0 Å². The summed E-state index contributed by atoms with van der Waals surface area (Å²) in [7, 11) is 2.91. The van der Waals surface area contributed by atoms with E-state index in [1.807, 2.05) is 0 Å². The van der Waals surface area contributed by atoms with Gasteiger partial charge in [0.2, 0.25) is 0 Å². The normalized spacial score (nSPS) is 10.3. The average Bonchev–Trinajstić information content (AvgIpc) is 2.55. The number of nitrogens with one attached hydrogen (secondary N) is 1. The molecule has 0 spiro atoms. The van der Waals surface area contributed by atoms with Gasteiger partial charge in [-0.25, -0.2) is 0 Å². The van der Waals surface area contributed by atoms with Crippen molar-refractivity contribution < 1.29 is 27.8 Å². The summed E-state index contributed by atoms with van der Waals surface area (Å²) in [4.78, 5) is 12.3. The van der Waals surface area contributed by atoms with E-state index in [4.69, 9.17) is 9.47 Å². The number of ether oxygens (including phenoxy) is 3. The number of benzene rings is 2. The molecule has 2 aromatic rings. The third-order valence-corrected chi connectivity index (χ3v) is 2.98. The molecule has 0 saturated carbocycles. The van der Waals surface area contributed by atoms with Crippen LogP contribution in [-0.4, -0.2) is 26.7 Å². The fraction of sp³-hybridized carbons (Fsp3) is 0.188. The molecule has 1 N–H and O–H groups in total. The van der Waals surface area contributed by atoms with E-state index in [1.165, 1.54) is 38.5 Å². The van der Waals surface area contributed by atoms with Gasteiger partial charge in [-0.15, -0.1) is 0 Å². The maximum atomic E-state index is 12.3. The standard InChI is InChI=1S/C16H15F2NO4/c1-21-13-5-3-4-12(14(13)22-2)15(20)19-10-6-8-11(9-7-10)23-16(17)18/h3-9,16H,1-2H3,(H,19,20). The molecule has 122 valence electrons. The summed E-state index contributed by atoms with van der Waals surface area (Å²) in [5.74, 6) is 0.339. The minimum atomic E-state index is -2.89. The molecule has 0 aliphatic heterocycles. The SMILES string of the molecule is COc1cccc(C(=O)Nc2ccc(OC(F)F)cc2)c1OC. The molecule has 0 fully saturated rings. The lowest BCUT2D eigenvalue weighted by Gasteiger charge is -2.12. The Morgan fingerprint density at radius 2 is 1.74 bits per heavy atom. The lowest BCUT2D eigenvalue weighted by Crippen LogP contribution is -2.13. The second kappa shape index (κ2) is 7.44. The van der Waals surface area contributed by atoms with Crippen LogP contribution in [0.25, 0.3) is 0 Å². The number of hydrogen-bond donors (Lipinski definition) is 1. The van der Waals surface area contributed by atoms with Crippen molar-refractivity contribution in [2.45, 2.75) is 6.61 Å². The van der Waals surface area contributed by atoms with Gasteiger partial charge in [0.05, 0.1) is 19.8 Å². The molecule has 0 aromatic heterocycles. The van der Waals surface area contributed by atoms with Crippen molar-refractivity contribution in [2.24, 2.45) is 0 Å². The third kappa shape index (κ3) is 4.09. The molecule has 0 bridgehead atoms. The highest BCUT2D eigenvalue weighted by Crippen LogP contribution is 2.31. The Hall–Kier alpha value is -2.83. The van der Waals surface area contributed by atoms with E-state index in [-0.39, 0.29) is 5.75 Å². The summed E-state index contributed by atoms with van der Waals surface area (Å²) in [5.41, 5.74) is 0.723. The number of anilines is 1. The number of methoxy groups -OCH3 is 2. The Morgan fingerprint density at radius 1 is 1.04 bits per heavy atom. The van der Waals surface area contributed by atoms with Crippen molar-refractivity contribution in [2.75, 3.05) is 19.5 Å². The molecule has 0 aliphatic rings. The van der Waals surface area contributed by atoms with Gasteiger partial charge in [0.1, 0.15) is 5.75 Å². The Balaban J connectivity index is 2.16. The summed E-state index contributed by atoms with van der Waals surface area (Å²) in [6.45, 7) is -2.89. The number of amides is 1. The first kappa shape index (κ1) is 16.5. The number of halogens is 2. The van der Waals surface area contributed by atoms with E-state index in [0.29, 0.717) is 22.7 Å². The van der Waals surface area contributed by atoms with Gasteiger partial charge in [0.25, 0.3) is 5.91 Å². The molecule has 5 nitrogen and oxygen atoms in total. The molecule has 0 radical (unpaired) electrons. The van der Waals surface area contributed by atoms with Crippen molar-refractivity contribution in [3.05, 3.63) is 48.0 Å². The molecule has 23 heavy (non-hydrogen) atoms. The Morgan fingerprint density at radius 3 is 2.30 bits per heavy atom. The summed E-state index contributed by atoms with van der Waals surface area (Å²) >= 11 is 0. The van der Waals surface area contributed by atoms with Gasteiger partial charge < -0.3 is 19.5 Å². The number of carbonyl (C=O) groups excluding carboxylic acids is 1. The van der Waals surface area contributed by atoms with Crippen LogP contribution in [0.5, 0.6) is 17.2 Å². The molecule has 0 unspecified atom stereocenters. The van der Waals surface area contributed by atoms with E-state index in [2.05, 4.69) is 10.1 Å². The predicted octanol–water partition coefficient (Wildman–Crippen LogP) is 3.56. The lowest BCUT2D eigenvalue weighted by atomic mass is 10.1. The molecule has 1 amide bonds. The van der Waals surface area contributed by atoms with Crippen molar-refractivity contribution >= 4 is 11.6 Å². The van der Waals surface area contributed by atoms with Gasteiger partial charge in [-0.05, 0) is 36.4 Å². The minimum absolute atomic E-state index is 0.0111. The third-order valence-electron chi connectivity index (χ3n) is 2.98.